The summed E-state index contributed by atoms with van der Waals surface area (Å²) in [6.07, 6.45) is 3.47. The van der Waals surface area contributed by atoms with E-state index in [1.807, 2.05) is 6.07 Å². The Kier molecular flexibility index (Phi) is 5.46. The maximum Gasteiger partial charge on any atom is 0.125 e. The zero-order valence-electron chi connectivity index (χ0n) is 11.4. The van der Waals surface area contributed by atoms with Crippen LogP contribution in [-0.2, 0) is 10.6 Å². The largest absolute Gasteiger partial charge is 0.376 e. The Hall–Kier alpha value is -0.800. The van der Waals surface area contributed by atoms with E-state index in [0.29, 0.717) is 5.88 Å². The molecular formula is C15H21ClFNO. The van der Waals surface area contributed by atoms with Crippen molar-refractivity contribution >= 4 is 17.3 Å². The van der Waals surface area contributed by atoms with Crippen molar-refractivity contribution in [3.8, 4) is 0 Å². The second-order valence-electron chi connectivity index (χ2n) is 5.03. The number of nitrogens with zero attached hydrogens (tertiary/aromatic N) is 1. The number of alkyl halides is 1. The second-order valence-corrected chi connectivity index (χ2v) is 5.30. The predicted molar refractivity (Wildman–Crippen MR) is 77.4 cm³/mol. The minimum Gasteiger partial charge on any atom is -0.376 e. The molecule has 1 aromatic rings. The first-order valence-corrected chi connectivity index (χ1v) is 7.48. The zero-order valence-corrected chi connectivity index (χ0v) is 12.1. The van der Waals surface area contributed by atoms with E-state index in [2.05, 4.69) is 11.8 Å². The van der Waals surface area contributed by atoms with Gasteiger partial charge in [0.25, 0.3) is 0 Å². The normalized spacial score (nSPS) is 19.7. The van der Waals surface area contributed by atoms with E-state index in [1.165, 1.54) is 6.07 Å². The van der Waals surface area contributed by atoms with Crippen molar-refractivity contribution in [1.82, 2.24) is 0 Å². The van der Waals surface area contributed by atoms with Crippen molar-refractivity contribution in [1.29, 1.82) is 0 Å². The fourth-order valence-electron chi connectivity index (χ4n) is 2.49. The molecule has 19 heavy (non-hydrogen) atoms. The van der Waals surface area contributed by atoms with E-state index in [1.54, 1.807) is 6.07 Å². The second kappa shape index (κ2) is 7.11. The number of hydrogen-bond acceptors (Lipinski definition) is 2. The van der Waals surface area contributed by atoms with Crippen molar-refractivity contribution in [2.75, 3.05) is 24.6 Å². The first-order valence-electron chi connectivity index (χ1n) is 6.95. The fourth-order valence-corrected chi connectivity index (χ4v) is 2.64. The first-order chi connectivity index (χ1) is 9.22. The SMILES string of the molecule is CCCOC1CCCN(c2cc(F)cc(CCl)c2)C1. The number of hydrogen-bond donors (Lipinski definition) is 0. The predicted octanol–water partition coefficient (Wildman–Crippen LogP) is 3.96. The van der Waals surface area contributed by atoms with Crippen LogP contribution in [0, 0.1) is 5.82 Å². The number of ether oxygens (including phenoxy) is 1. The van der Waals surface area contributed by atoms with Crippen molar-refractivity contribution < 1.29 is 9.13 Å². The standard InChI is InChI=1S/C15H21ClFNO/c1-2-6-19-15-4-3-5-18(11-15)14-8-12(10-16)7-13(17)9-14/h7-9,15H,2-6,10-11H2,1H3. The van der Waals surface area contributed by atoms with Crippen LogP contribution in [0.3, 0.4) is 0 Å². The molecule has 1 saturated heterocycles. The molecule has 106 valence electrons. The Morgan fingerprint density at radius 3 is 3.00 bits per heavy atom. The molecule has 1 unspecified atom stereocenters. The molecule has 2 rings (SSSR count). The highest BCUT2D eigenvalue weighted by Crippen LogP contribution is 2.24. The Balaban J connectivity index is 2.06. The molecule has 0 bridgehead atoms. The minimum atomic E-state index is -0.218. The summed E-state index contributed by atoms with van der Waals surface area (Å²) in [7, 11) is 0. The Labute approximate surface area is 119 Å². The highest BCUT2D eigenvalue weighted by molar-refractivity contribution is 6.17. The molecule has 1 aromatic carbocycles. The average molecular weight is 286 g/mol. The molecule has 1 fully saturated rings. The van der Waals surface area contributed by atoms with Crippen LogP contribution < -0.4 is 4.90 Å². The van der Waals surface area contributed by atoms with Crippen molar-refractivity contribution in [2.45, 2.75) is 38.2 Å². The number of halogens is 2. The summed E-state index contributed by atoms with van der Waals surface area (Å²) in [5.41, 5.74) is 1.74. The van der Waals surface area contributed by atoms with Crippen LogP contribution in [0.25, 0.3) is 0 Å². The summed E-state index contributed by atoms with van der Waals surface area (Å²) in [4.78, 5) is 2.20. The van der Waals surface area contributed by atoms with Crippen LogP contribution in [0.1, 0.15) is 31.7 Å². The molecule has 0 spiro atoms. The third-order valence-corrected chi connectivity index (χ3v) is 3.71. The summed E-state index contributed by atoms with van der Waals surface area (Å²) in [6.45, 7) is 4.71. The van der Waals surface area contributed by atoms with Gasteiger partial charge in [0.2, 0.25) is 0 Å². The lowest BCUT2D eigenvalue weighted by Crippen LogP contribution is -2.39. The molecule has 2 nitrogen and oxygen atoms in total. The highest BCUT2D eigenvalue weighted by Gasteiger charge is 2.21. The Bertz CT molecular complexity index is 413. The first kappa shape index (κ1) is 14.6. The van der Waals surface area contributed by atoms with Gasteiger partial charge in [-0.25, -0.2) is 4.39 Å². The number of benzene rings is 1. The fraction of sp³-hybridized carbons (Fsp3) is 0.600. The molecule has 1 heterocycles. The molecule has 0 aliphatic carbocycles. The van der Waals surface area contributed by atoms with E-state index in [4.69, 9.17) is 16.3 Å². The number of rotatable bonds is 5. The third kappa shape index (κ3) is 4.08. The maximum atomic E-state index is 13.6. The smallest absolute Gasteiger partial charge is 0.125 e. The molecule has 1 atom stereocenters. The molecule has 0 N–H and O–H groups in total. The lowest BCUT2D eigenvalue weighted by atomic mass is 10.1. The van der Waals surface area contributed by atoms with Crippen LogP contribution in [0.2, 0.25) is 0 Å². The van der Waals surface area contributed by atoms with Gasteiger partial charge in [-0.1, -0.05) is 6.92 Å². The van der Waals surface area contributed by atoms with Crippen LogP contribution in [0.15, 0.2) is 18.2 Å². The summed E-state index contributed by atoms with van der Waals surface area (Å²) >= 11 is 5.80. The van der Waals surface area contributed by atoms with Gasteiger partial charge >= 0.3 is 0 Å². The monoisotopic (exact) mass is 285 g/mol. The van der Waals surface area contributed by atoms with Crippen molar-refractivity contribution in [3.63, 3.8) is 0 Å². The van der Waals surface area contributed by atoms with Gasteiger partial charge in [-0.15, -0.1) is 11.6 Å². The molecule has 1 aliphatic heterocycles. The molecular weight excluding hydrogens is 265 g/mol. The van der Waals surface area contributed by atoms with Gasteiger partial charge in [0.15, 0.2) is 0 Å². The molecule has 4 heteroatoms. The molecule has 0 amide bonds. The van der Waals surface area contributed by atoms with Crippen LogP contribution >= 0.6 is 11.6 Å². The molecule has 0 aromatic heterocycles. The summed E-state index contributed by atoms with van der Waals surface area (Å²) in [5.74, 6) is 0.124. The van der Waals surface area contributed by atoms with Gasteiger partial charge in [-0.05, 0) is 43.0 Å². The number of anilines is 1. The Morgan fingerprint density at radius 1 is 1.42 bits per heavy atom. The van der Waals surface area contributed by atoms with Gasteiger partial charge in [0.05, 0.1) is 6.10 Å². The highest BCUT2D eigenvalue weighted by atomic mass is 35.5. The summed E-state index contributed by atoms with van der Waals surface area (Å²) in [6, 6.07) is 5.04. The van der Waals surface area contributed by atoms with E-state index in [0.717, 1.165) is 50.2 Å². The Morgan fingerprint density at radius 2 is 2.26 bits per heavy atom. The molecule has 0 radical (unpaired) electrons. The maximum absolute atomic E-state index is 13.6. The van der Waals surface area contributed by atoms with Gasteiger partial charge in [0, 0.05) is 31.3 Å². The van der Waals surface area contributed by atoms with Gasteiger partial charge in [-0.3, -0.25) is 0 Å². The van der Waals surface area contributed by atoms with Crippen LogP contribution in [-0.4, -0.2) is 25.8 Å². The van der Waals surface area contributed by atoms with Crippen molar-refractivity contribution in [2.24, 2.45) is 0 Å². The molecule has 0 saturated carbocycles. The topological polar surface area (TPSA) is 12.5 Å². The van der Waals surface area contributed by atoms with E-state index in [9.17, 15) is 4.39 Å². The van der Waals surface area contributed by atoms with Crippen LogP contribution in [0.4, 0.5) is 10.1 Å². The van der Waals surface area contributed by atoms with Gasteiger partial charge in [-0.2, -0.15) is 0 Å². The lowest BCUT2D eigenvalue weighted by molar-refractivity contribution is 0.0440. The zero-order chi connectivity index (χ0) is 13.7. The average Bonchev–Trinajstić information content (AvgIpc) is 2.44. The summed E-state index contributed by atoms with van der Waals surface area (Å²) in [5, 5.41) is 0. The molecule has 1 aliphatic rings. The van der Waals surface area contributed by atoms with E-state index < -0.39 is 0 Å². The summed E-state index contributed by atoms with van der Waals surface area (Å²) < 4.78 is 19.4. The third-order valence-electron chi connectivity index (χ3n) is 3.40. The number of piperidine rings is 1. The van der Waals surface area contributed by atoms with Gasteiger partial charge < -0.3 is 9.64 Å². The van der Waals surface area contributed by atoms with Crippen LogP contribution in [0.5, 0.6) is 0 Å². The van der Waals surface area contributed by atoms with E-state index >= 15 is 0 Å². The van der Waals surface area contributed by atoms with Crippen molar-refractivity contribution in [3.05, 3.63) is 29.6 Å². The van der Waals surface area contributed by atoms with Gasteiger partial charge in [0.1, 0.15) is 5.82 Å². The minimum absolute atomic E-state index is 0.218. The van der Waals surface area contributed by atoms with E-state index in [-0.39, 0.29) is 11.9 Å². The quantitative estimate of drug-likeness (QED) is 0.759. The lowest BCUT2D eigenvalue weighted by Gasteiger charge is -2.34.